The van der Waals surface area contributed by atoms with Crippen molar-refractivity contribution in [1.29, 1.82) is 0 Å². The SMILES string of the molecule is CC1(C)OB(c2cccc(OC3CN(CCCF)C3)c2)OC1(C)C. The summed E-state index contributed by atoms with van der Waals surface area (Å²) in [6.07, 6.45) is 0.780. The first-order valence-corrected chi connectivity index (χ1v) is 8.71. The summed E-state index contributed by atoms with van der Waals surface area (Å²) in [6, 6.07) is 7.92. The van der Waals surface area contributed by atoms with Gasteiger partial charge in [0.15, 0.2) is 0 Å². The maximum atomic E-state index is 12.2. The van der Waals surface area contributed by atoms with E-state index in [0.717, 1.165) is 30.8 Å². The van der Waals surface area contributed by atoms with Gasteiger partial charge in [0.2, 0.25) is 0 Å². The van der Waals surface area contributed by atoms with Gasteiger partial charge in [-0.25, -0.2) is 0 Å². The van der Waals surface area contributed by atoms with Crippen LogP contribution in [0.4, 0.5) is 4.39 Å². The van der Waals surface area contributed by atoms with E-state index in [2.05, 4.69) is 4.90 Å². The molecule has 3 rings (SSSR count). The normalized spacial score (nSPS) is 23.3. The fourth-order valence-electron chi connectivity index (χ4n) is 2.97. The summed E-state index contributed by atoms with van der Waals surface area (Å²) in [5, 5.41) is 0. The van der Waals surface area contributed by atoms with Gasteiger partial charge in [0.05, 0.1) is 17.9 Å². The van der Waals surface area contributed by atoms with Crippen LogP contribution in [0.5, 0.6) is 5.75 Å². The Morgan fingerprint density at radius 3 is 2.50 bits per heavy atom. The van der Waals surface area contributed by atoms with Crippen LogP contribution in [0.25, 0.3) is 0 Å². The molecule has 0 aromatic heterocycles. The molecule has 2 aliphatic rings. The van der Waals surface area contributed by atoms with Gasteiger partial charge in [0.1, 0.15) is 11.9 Å². The van der Waals surface area contributed by atoms with Crippen molar-refractivity contribution in [3.63, 3.8) is 0 Å². The second-order valence-electron chi connectivity index (χ2n) is 7.70. The van der Waals surface area contributed by atoms with E-state index in [1.165, 1.54) is 0 Å². The Morgan fingerprint density at radius 1 is 1.21 bits per heavy atom. The van der Waals surface area contributed by atoms with Crippen molar-refractivity contribution in [2.45, 2.75) is 51.4 Å². The molecular weight excluding hydrogens is 308 g/mol. The van der Waals surface area contributed by atoms with Crippen LogP contribution >= 0.6 is 0 Å². The average Bonchev–Trinajstić information content (AvgIpc) is 2.70. The van der Waals surface area contributed by atoms with E-state index in [9.17, 15) is 4.39 Å². The molecule has 0 bridgehead atoms. The van der Waals surface area contributed by atoms with Gasteiger partial charge in [-0.1, -0.05) is 12.1 Å². The Kier molecular flexibility index (Phi) is 4.91. The minimum absolute atomic E-state index is 0.179. The molecule has 0 spiro atoms. The Balaban J connectivity index is 1.58. The molecule has 0 radical (unpaired) electrons. The molecule has 6 heteroatoms. The highest BCUT2D eigenvalue weighted by atomic mass is 19.1. The monoisotopic (exact) mass is 335 g/mol. The lowest BCUT2D eigenvalue weighted by Gasteiger charge is -2.38. The first-order valence-electron chi connectivity index (χ1n) is 8.71. The minimum Gasteiger partial charge on any atom is -0.488 e. The van der Waals surface area contributed by atoms with Gasteiger partial charge in [-0.15, -0.1) is 0 Å². The third kappa shape index (κ3) is 3.61. The fourth-order valence-corrected chi connectivity index (χ4v) is 2.97. The van der Waals surface area contributed by atoms with Crippen molar-refractivity contribution in [1.82, 2.24) is 4.90 Å². The summed E-state index contributed by atoms with van der Waals surface area (Å²) in [7, 11) is -0.374. The van der Waals surface area contributed by atoms with E-state index >= 15 is 0 Å². The standard InChI is InChI=1S/C18H27BFNO3/c1-17(2)18(3,4)24-19(23-17)14-7-5-8-15(11-14)22-16-12-21(13-16)10-6-9-20/h5,7-8,11,16H,6,9-10,12-13H2,1-4H3. The Labute approximate surface area is 144 Å². The number of halogens is 1. The number of rotatable bonds is 6. The lowest BCUT2D eigenvalue weighted by molar-refractivity contribution is 0.00578. The molecule has 0 N–H and O–H groups in total. The van der Waals surface area contributed by atoms with Crippen LogP contribution in [-0.2, 0) is 9.31 Å². The van der Waals surface area contributed by atoms with Crippen LogP contribution in [0.15, 0.2) is 24.3 Å². The summed E-state index contributed by atoms with van der Waals surface area (Å²) in [6.45, 7) is 10.5. The molecule has 1 aromatic rings. The van der Waals surface area contributed by atoms with Crippen LogP contribution in [0.2, 0.25) is 0 Å². The summed E-state index contributed by atoms with van der Waals surface area (Å²) in [5.41, 5.74) is 0.276. The highest BCUT2D eigenvalue weighted by molar-refractivity contribution is 6.62. The number of hydrogen-bond donors (Lipinski definition) is 0. The van der Waals surface area contributed by atoms with E-state index in [1.54, 1.807) is 0 Å². The van der Waals surface area contributed by atoms with Gasteiger partial charge >= 0.3 is 7.12 Å². The van der Waals surface area contributed by atoms with E-state index in [0.29, 0.717) is 6.42 Å². The molecule has 0 saturated carbocycles. The van der Waals surface area contributed by atoms with Gasteiger partial charge in [0, 0.05) is 19.6 Å². The number of likely N-dealkylation sites (tertiary alicyclic amines) is 1. The van der Waals surface area contributed by atoms with E-state index in [1.807, 2.05) is 52.0 Å². The van der Waals surface area contributed by atoms with E-state index in [4.69, 9.17) is 14.0 Å². The van der Waals surface area contributed by atoms with Crippen molar-refractivity contribution in [3.05, 3.63) is 24.3 Å². The second-order valence-corrected chi connectivity index (χ2v) is 7.70. The average molecular weight is 335 g/mol. The number of hydrogen-bond acceptors (Lipinski definition) is 4. The topological polar surface area (TPSA) is 30.9 Å². The third-order valence-corrected chi connectivity index (χ3v) is 5.22. The van der Waals surface area contributed by atoms with Crippen LogP contribution < -0.4 is 10.2 Å². The quantitative estimate of drug-likeness (QED) is 0.747. The maximum Gasteiger partial charge on any atom is 0.494 e. The molecule has 2 saturated heterocycles. The Morgan fingerprint density at radius 2 is 1.88 bits per heavy atom. The Hall–Kier alpha value is -1.11. The molecule has 24 heavy (non-hydrogen) atoms. The van der Waals surface area contributed by atoms with Crippen molar-refractivity contribution in [2.75, 3.05) is 26.3 Å². The summed E-state index contributed by atoms with van der Waals surface area (Å²) >= 11 is 0. The summed E-state index contributed by atoms with van der Waals surface area (Å²) < 4.78 is 30.4. The lowest BCUT2D eigenvalue weighted by atomic mass is 9.79. The molecule has 0 aliphatic carbocycles. The fraction of sp³-hybridized carbons (Fsp3) is 0.667. The first kappa shape index (κ1) is 17.7. The van der Waals surface area contributed by atoms with Gasteiger partial charge in [0.25, 0.3) is 0 Å². The minimum atomic E-state index is -0.374. The summed E-state index contributed by atoms with van der Waals surface area (Å²) in [5.74, 6) is 0.831. The predicted molar refractivity (Wildman–Crippen MR) is 93.6 cm³/mol. The highest BCUT2D eigenvalue weighted by Crippen LogP contribution is 2.36. The second kappa shape index (κ2) is 6.66. The molecule has 2 heterocycles. The molecule has 2 aliphatic heterocycles. The zero-order valence-corrected chi connectivity index (χ0v) is 15.0. The van der Waals surface area contributed by atoms with Crippen LogP contribution in [0.3, 0.4) is 0 Å². The zero-order valence-electron chi connectivity index (χ0n) is 15.0. The number of nitrogens with zero attached hydrogens (tertiary/aromatic N) is 1. The van der Waals surface area contributed by atoms with Gasteiger partial charge in [-0.05, 0) is 51.7 Å². The maximum absolute atomic E-state index is 12.2. The first-order chi connectivity index (χ1) is 11.3. The number of benzene rings is 1. The zero-order chi connectivity index (χ0) is 17.4. The number of ether oxygens (including phenoxy) is 1. The third-order valence-electron chi connectivity index (χ3n) is 5.22. The highest BCUT2D eigenvalue weighted by Gasteiger charge is 2.51. The molecule has 0 amide bonds. The van der Waals surface area contributed by atoms with E-state index in [-0.39, 0.29) is 31.1 Å². The van der Waals surface area contributed by atoms with Crippen molar-refractivity contribution in [3.8, 4) is 5.75 Å². The van der Waals surface area contributed by atoms with Gasteiger partial charge in [-0.3, -0.25) is 9.29 Å². The Bertz CT molecular complexity index is 559. The van der Waals surface area contributed by atoms with Gasteiger partial charge in [-0.2, -0.15) is 0 Å². The van der Waals surface area contributed by atoms with Gasteiger partial charge < -0.3 is 14.0 Å². The molecular formula is C18H27BFNO3. The van der Waals surface area contributed by atoms with Crippen LogP contribution in [-0.4, -0.2) is 55.6 Å². The molecule has 0 unspecified atom stereocenters. The van der Waals surface area contributed by atoms with Crippen LogP contribution in [0, 0.1) is 0 Å². The molecule has 0 atom stereocenters. The van der Waals surface area contributed by atoms with E-state index < -0.39 is 0 Å². The summed E-state index contributed by atoms with van der Waals surface area (Å²) in [4.78, 5) is 2.21. The molecule has 132 valence electrons. The van der Waals surface area contributed by atoms with Crippen LogP contribution in [0.1, 0.15) is 34.1 Å². The molecule has 4 nitrogen and oxygen atoms in total. The number of alkyl halides is 1. The predicted octanol–water partition coefficient (Wildman–Crippen LogP) is 2.41. The van der Waals surface area contributed by atoms with Crippen molar-refractivity contribution >= 4 is 12.6 Å². The molecule has 2 fully saturated rings. The van der Waals surface area contributed by atoms with Crippen molar-refractivity contribution in [2.24, 2.45) is 0 Å². The van der Waals surface area contributed by atoms with Crippen molar-refractivity contribution < 1.29 is 18.4 Å². The molecule has 1 aromatic carbocycles. The smallest absolute Gasteiger partial charge is 0.488 e. The largest absolute Gasteiger partial charge is 0.494 e. The lowest BCUT2D eigenvalue weighted by Crippen LogP contribution is -2.54.